The fourth-order valence-electron chi connectivity index (χ4n) is 1.74. The van der Waals surface area contributed by atoms with Gasteiger partial charge in [0.05, 0.1) is 7.11 Å². The lowest BCUT2D eigenvalue weighted by molar-refractivity contribution is -0.139. The molecule has 0 radical (unpaired) electrons. The van der Waals surface area contributed by atoms with Crippen molar-refractivity contribution >= 4 is 11.9 Å². The lowest BCUT2D eigenvalue weighted by atomic mass is 10.1. The van der Waals surface area contributed by atoms with Crippen LogP contribution < -0.4 is 14.8 Å². The SMILES string of the molecule is COCCC(NC(=O)c1ccc(OC(F)F)c(OC)c1)C(=O)O. The second kappa shape index (κ2) is 8.89. The molecular formula is C14H17F2NO6. The van der Waals surface area contributed by atoms with E-state index in [-0.39, 0.29) is 30.1 Å². The van der Waals surface area contributed by atoms with Crippen molar-refractivity contribution in [1.29, 1.82) is 0 Å². The minimum Gasteiger partial charge on any atom is -0.493 e. The summed E-state index contributed by atoms with van der Waals surface area (Å²) >= 11 is 0. The Balaban J connectivity index is 2.88. The predicted molar refractivity (Wildman–Crippen MR) is 75.0 cm³/mol. The summed E-state index contributed by atoms with van der Waals surface area (Å²) in [4.78, 5) is 23.1. The van der Waals surface area contributed by atoms with Gasteiger partial charge in [0, 0.05) is 25.7 Å². The van der Waals surface area contributed by atoms with Crippen molar-refractivity contribution in [2.45, 2.75) is 19.1 Å². The smallest absolute Gasteiger partial charge is 0.387 e. The number of carbonyl (C=O) groups excluding carboxylic acids is 1. The quantitative estimate of drug-likeness (QED) is 0.711. The van der Waals surface area contributed by atoms with Gasteiger partial charge in [-0.15, -0.1) is 0 Å². The first kappa shape index (κ1) is 18.6. The van der Waals surface area contributed by atoms with Crippen LogP contribution >= 0.6 is 0 Å². The van der Waals surface area contributed by atoms with Gasteiger partial charge in [0.2, 0.25) is 0 Å². The molecule has 0 aliphatic carbocycles. The highest BCUT2D eigenvalue weighted by Crippen LogP contribution is 2.29. The van der Waals surface area contributed by atoms with Crippen LogP contribution in [0, 0.1) is 0 Å². The summed E-state index contributed by atoms with van der Waals surface area (Å²) in [5.41, 5.74) is 0.0483. The Morgan fingerprint density at radius 3 is 2.48 bits per heavy atom. The standard InChI is InChI=1S/C14H17F2NO6/c1-21-6-5-9(13(19)20)17-12(18)8-3-4-10(23-14(15)16)11(7-8)22-2/h3-4,7,9,14H,5-6H2,1-2H3,(H,17,18)(H,19,20). The Kier molecular flexibility index (Phi) is 7.20. The van der Waals surface area contributed by atoms with Crippen molar-refractivity contribution in [3.8, 4) is 11.5 Å². The number of carboxylic acid groups (broad SMARTS) is 1. The maximum Gasteiger partial charge on any atom is 0.387 e. The van der Waals surface area contributed by atoms with E-state index in [1.807, 2.05) is 0 Å². The molecular weight excluding hydrogens is 316 g/mol. The maximum atomic E-state index is 12.2. The Morgan fingerprint density at radius 2 is 1.96 bits per heavy atom. The van der Waals surface area contributed by atoms with Gasteiger partial charge in [-0.2, -0.15) is 8.78 Å². The Bertz CT molecular complexity index is 552. The molecule has 1 rings (SSSR count). The number of hydrogen-bond acceptors (Lipinski definition) is 5. The highest BCUT2D eigenvalue weighted by atomic mass is 19.3. The average molecular weight is 333 g/mol. The van der Waals surface area contributed by atoms with Gasteiger partial charge in [0.15, 0.2) is 11.5 Å². The van der Waals surface area contributed by atoms with E-state index in [0.29, 0.717) is 0 Å². The molecule has 0 fully saturated rings. The zero-order valence-corrected chi connectivity index (χ0v) is 12.5. The molecule has 1 atom stereocenters. The molecule has 0 aromatic heterocycles. The fourth-order valence-corrected chi connectivity index (χ4v) is 1.74. The van der Waals surface area contributed by atoms with Crippen molar-refractivity contribution in [1.82, 2.24) is 5.32 Å². The van der Waals surface area contributed by atoms with Gasteiger partial charge >= 0.3 is 12.6 Å². The summed E-state index contributed by atoms with van der Waals surface area (Å²) < 4.78 is 38.4. The monoisotopic (exact) mass is 333 g/mol. The summed E-state index contributed by atoms with van der Waals surface area (Å²) in [6.45, 7) is -2.88. The summed E-state index contributed by atoms with van der Waals surface area (Å²) in [5, 5.41) is 11.4. The van der Waals surface area contributed by atoms with Gasteiger partial charge in [0.25, 0.3) is 5.91 Å². The van der Waals surface area contributed by atoms with E-state index in [2.05, 4.69) is 10.1 Å². The third-order valence-corrected chi connectivity index (χ3v) is 2.86. The predicted octanol–water partition coefficient (Wildman–Crippen LogP) is 1.52. The van der Waals surface area contributed by atoms with Gasteiger partial charge in [-0.1, -0.05) is 0 Å². The molecule has 7 nitrogen and oxygen atoms in total. The van der Waals surface area contributed by atoms with Crippen LogP contribution in [0.4, 0.5) is 8.78 Å². The van der Waals surface area contributed by atoms with Crippen molar-refractivity contribution in [2.24, 2.45) is 0 Å². The third-order valence-electron chi connectivity index (χ3n) is 2.86. The molecule has 0 bridgehead atoms. The molecule has 0 saturated heterocycles. The second-order valence-corrected chi connectivity index (χ2v) is 4.39. The van der Waals surface area contributed by atoms with Crippen LogP contribution in [-0.2, 0) is 9.53 Å². The Labute approximate surface area is 131 Å². The number of carbonyl (C=O) groups is 2. The number of carboxylic acids is 1. The number of halogens is 2. The maximum absolute atomic E-state index is 12.2. The Morgan fingerprint density at radius 1 is 1.26 bits per heavy atom. The molecule has 0 aliphatic rings. The molecule has 9 heteroatoms. The van der Waals surface area contributed by atoms with Crippen LogP contribution in [0.15, 0.2) is 18.2 Å². The van der Waals surface area contributed by atoms with E-state index in [0.717, 1.165) is 6.07 Å². The highest BCUT2D eigenvalue weighted by Gasteiger charge is 2.21. The van der Waals surface area contributed by atoms with Crippen LogP contribution in [0.25, 0.3) is 0 Å². The first-order chi connectivity index (χ1) is 10.9. The fraction of sp³-hybridized carbons (Fsp3) is 0.429. The minimum atomic E-state index is -3.03. The normalized spacial score (nSPS) is 11.9. The third kappa shape index (κ3) is 5.70. The van der Waals surface area contributed by atoms with Crippen molar-refractivity contribution in [3.05, 3.63) is 23.8 Å². The summed E-state index contributed by atoms with van der Waals surface area (Å²) in [7, 11) is 2.64. The molecule has 1 aromatic rings. The summed E-state index contributed by atoms with van der Waals surface area (Å²) in [5.74, 6) is -2.19. The topological polar surface area (TPSA) is 94.1 Å². The van der Waals surface area contributed by atoms with Gasteiger partial charge in [0.1, 0.15) is 6.04 Å². The summed E-state index contributed by atoms with van der Waals surface area (Å²) in [6.07, 6.45) is 0.0846. The number of amides is 1. The molecule has 1 amide bonds. The number of alkyl halides is 2. The van der Waals surface area contributed by atoms with Gasteiger partial charge < -0.3 is 24.6 Å². The molecule has 0 heterocycles. The molecule has 0 saturated carbocycles. The van der Waals surface area contributed by atoms with Crippen LogP contribution in [0.1, 0.15) is 16.8 Å². The van der Waals surface area contributed by atoms with Gasteiger partial charge in [-0.05, 0) is 18.2 Å². The first-order valence-corrected chi connectivity index (χ1v) is 6.54. The van der Waals surface area contributed by atoms with Crippen LogP contribution in [0.2, 0.25) is 0 Å². The molecule has 128 valence electrons. The average Bonchev–Trinajstić information content (AvgIpc) is 2.50. The van der Waals surface area contributed by atoms with E-state index >= 15 is 0 Å². The number of aliphatic carboxylic acids is 1. The molecule has 1 aromatic carbocycles. The first-order valence-electron chi connectivity index (χ1n) is 6.54. The van der Waals surface area contributed by atoms with Crippen molar-refractivity contribution < 1.29 is 37.7 Å². The number of methoxy groups -OCH3 is 2. The highest BCUT2D eigenvalue weighted by molar-refractivity contribution is 5.97. The zero-order valence-electron chi connectivity index (χ0n) is 12.5. The van der Waals surface area contributed by atoms with E-state index in [9.17, 15) is 18.4 Å². The molecule has 0 spiro atoms. The lowest BCUT2D eigenvalue weighted by Gasteiger charge is -2.15. The van der Waals surface area contributed by atoms with E-state index in [4.69, 9.17) is 14.6 Å². The van der Waals surface area contributed by atoms with Gasteiger partial charge in [-0.3, -0.25) is 4.79 Å². The lowest BCUT2D eigenvalue weighted by Crippen LogP contribution is -2.41. The molecule has 2 N–H and O–H groups in total. The molecule has 23 heavy (non-hydrogen) atoms. The zero-order chi connectivity index (χ0) is 17.4. The van der Waals surface area contributed by atoms with Crippen LogP contribution in [0.3, 0.4) is 0 Å². The van der Waals surface area contributed by atoms with E-state index in [1.54, 1.807) is 0 Å². The Hall–Kier alpha value is -2.42. The second-order valence-electron chi connectivity index (χ2n) is 4.39. The van der Waals surface area contributed by atoms with E-state index in [1.165, 1.54) is 26.4 Å². The van der Waals surface area contributed by atoms with Gasteiger partial charge in [-0.25, -0.2) is 4.79 Å². The van der Waals surface area contributed by atoms with Crippen molar-refractivity contribution in [2.75, 3.05) is 20.8 Å². The molecule has 1 unspecified atom stereocenters. The van der Waals surface area contributed by atoms with E-state index < -0.39 is 24.5 Å². The number of nitrogens with one attached hydrogen (secondary N) is 1. The number of rotatable bonds is 9. The largest absolute Gasteiger partial charge is 0.493 e. The summed E-state index contributed by atoms with van der Waals surface area (Å²) in [6, 6.07) is 2.42. The minimum absolute atomic E-state index is 0.0483. The molecule has 0 aliphatic heterocycles. The number of ether oxygens (including phenoxy) is 3. The number of benzene rings is 1. The van der Waals surface area contributed by atoms with Crippen LogP contribution in [0.5, 0.6) is 11.5 Å². The van der Waals surface area contributed by atoms with Crippen molar-refractivity contribution in [3.63, 3.8) is 0 Å². The van der Waals surface area contributed by atoms with Crippen LogP contribution in [-0.4, -0.2) is 50.5 Å². The number of hydrogen-bond donors (Lipinski definition) is 2.